The maximum atomic E-state index is 12.3. The maximum absolute atomic E-state index is 12.3. The van der Waals surface area contributed by atoms with Crippen molar-refractivity contribution < 1.29 is 15.0 Å². The molecule has 2 aromatic heterocycles. The Kier molecular flexibility index (Phi) is 5.73. The summed E-state index contributed by atoms with van der Waals surface area (Å²) in [5.74, 6) is -1.84. The third-order valence-corrected chi connectivity index (χ3v) is 5.62. The number of aromatic carboxylic acids is 1. The average molecular weight is 418 g/mol. The van der Waals surface area contributed by atoms with E-state index in [2.05, 4.69) is 27.9 Å². The number of nitrogens with one attached hydrogen (secondary N) is 2. The van der Waals surface area contributed by atoms with Crippen molar-refractivity contribution in [2.45, 2.75) is 32.7 Å². The van der Waals surface area contributed by atoms with Crippen molar-refractivity contribution in [1.82, 2.24) is 14.9 Å². The number of aryl methyl sites for hydroxylation is 2. The van der Waals surface area contributed by atoms with Crippen LogP contribution in [-0.4, -0.2) is 32.3 Å². The summed E-state index contributed by atoms with van der Waals surface area (Å²) in [6, 6.07) is 6.14. The summed E-state index contributed by atoms with van der Waals surface area (Å²) < 4.78 is 2.16. The number of hydrogen-bond acceptors (Lipinski definition) is 4. The van der Waals surface area contributed by atoms with Crippen LogP contribution in [0.2, 0.25) is 0 Å². The third-order valence-electron chi connectivity index (χ3n) is 5.62. The second-order valence-corrected chi connectivity index (χ2v) is 7.19. The van der Waals surface area contributed by atoms with Crippen molar-refractivity contribution in [3.63, 3.8) is 0 Å². The smallest absolute Gasteiger partial charge is 0.345 e. The highest BCUT2D eigenvalue weighted by Gasteiger charge is 2.26. The molecule has 1 aliphatic carbocycles. The van der Waals surface area contributed by atoms with Crippen molar-refractivity contribution in [2.24, 2.45) is 7.05 Å². The molecule has 1 aliphatic rings. The van der Waals surface area contributed by atoms with E-state index in [0.717, 1.165) is 48.0 Å². The zero-order valence-corrected chi connectivity index (χ0v) is 17.2. The van der Waals surface area contributed by atoms with Crippen LogP contribution in [0, 0.1) is 0 Å². The molecule has 1 aromatic carbocycles. The lowest BCUT2D eigenvalue weighted by Crippen LogP contribution is -2.20. The zero-order valence-electron chi connectivity index (χ0n) is 16.3. The second kappa shape index (κ2) is 7.93. The number of nitrogens with zero attached hydrogens (tertiary/aromatic N) is 1. The standard InChI is InChI=1S/C21H23N3O4.ClH/c1-3-22-10-11-9-15-12-5-4-6-14-18(13(12)7-8-16(15)24(11)2)23-20(26)17(19(14)25)21(27)28;/h7-9,22H,3-6,10H2,1-2H3,(H,27,28)(H2,23,25,26);1H. The van der Waals surface area contributed by atoms with Crippen molar-refractivity contribution in [3.05, 3.63) is 50.9 Å². The Balaban J connectivity index is 0.00000240. The molecule has 0 amide bonds. The van der Waals surface area contributed by atoms with E-state index in [4.69, 9.17) is 0 Å². The van der Waals surface area contributed by atoms with Crippen LogP contribution in [0.1, 0.15) is 40.5 Å². The van der Waals surface area contributed by atoms with E-state index in [1.165, 1.54) is 5.69 Å². The summed E-state index contributed by atoms with van der Waals surface area (Å²) in [6.07, 6.45) is 2.05. The van der Waals surface area contributed by atoms with Crippen LogP contribution in [0.5, 0.6) is 5.75 Å². The number of rotatable bonds is 4. The largest absolute Gasteiger partial charge is 0.506 e. The first-order chi connectivity index (χ1) is 13.4. The van der Waals surface area contributed by atoms with Crippen LogP contribution in [0.4, 0.5) is 0 Å². The third kappa shape index (κ3) is 3.30. The molecule has 3 aromatic rings. The highest BCUT2D eigenvalue weighted by molar-refractivity contribution is 5.94. The van der Waals surface area contributed by atoms with Gasteiger partial charge in [0.1, 0.15) is 5.75 Å². The van der Waals surface area contributed by atoms with E-state index in [-0.39, 0.29) is 12.4 Å². The van der Waals surface area contributed by atoms with Crippen LogP contribution < -0.4 is 10.9 Å². The van der Waals surface area contributed by atoms with E-state index < -0.39 is 22.8 Å². The quantitative estimate of drug-likeness (QED) is 0.522. The highest BCUT2D eigenvalue weighted by atomic mass is 35.5. The van der Waals surface area contributed by atoms with Gasteiger partial charge in [-0.2, -0.15) is 0 Å². The van der Waals surface area contributed by atoms with Crippen LogP contribution in [0.15, 0.2) is 23.0 Å². The number of carboxylic acid groups (broad SMARTS) is 1. The van der Waals surface area contributed by atoms with Crippen LogP contribution in [-0.2, 0) is 26.4 Å². The van der Waals surface area contributed by atoms with Gasteiger partial charge in [-0.15, -0.1) is 12.4 Å². The zero-order chi connectivity index (χ0) is 20.0. The normalized spacial score (nSPS) is 12.8. The number of pyridine rings is 1. The number of aromatic nitrogens is 2. The van der Waals surface area contributed by atoms with Gasteiger partial charge in [-0.3, -0.25) is 4.79 Å². The average Bonchev–Trinajstić information content (AvgIpc) is 2.85. The minimum Gasteiger partial charge on any atom is -0.506 e. The highest BCUT2D eigenvalue weighted by Crippen LogP contribution is 2.39. The van der Waals surface area contributed by atoms with Gasteiger partial charge in [-0.1, -0.05) is 13.0 Å². The fraction of sp³-hybridized carbons (Fsp3) is 0.333. The Morgan fingerprint density at radius 3 is 2.69 bits per heavy atom. The van der Waals surface area contributed by atoms with Gasteiger partial charge in [0, 0.05) is 41.3 Å². The molecule has 0 radical (unpaired) electrons. The van der Waals surface area contributed by atoms with Gasteiger partial charge in [0.2, 0.25) is 0 Å². The molecule has 8 heteroatoms. The molecule has 4 rings (SSSR count). The lowest BCUT2D eigenvalue weighted by atomic mass is 9.97. The number of aromatic amines is 1. The van der Waals surface area contributed by atoms with Gasteiger partial charge in [0.15, 0.2) is 5.56 Å². The molecule has 4 N–H and O–H groups in total. The predicted octanol–water partition coefficient (Wildman–Crippen LogP) is 2.96. The molecule has 0 fully saturated rings. The summed E-state index contributed by atoms with van der Waals surface area (Å²) in [5.41, 5.74) is 3.92. The molecular weight excluding hydrogens is 394 g/mol. The number of carbonyl (C=O) groups is 1. The Bertz CT molecular complexity index is 1160. The van der Waals surface area contributed by atoms with E-state index in [1.807, 2.05) is 19.2 Å². The summed E-state index contributed by atoms with van der Waals surface area (Å²) >= 11 is 0. The van der Waals surface area contributed by atoms with Gasteiger partial charge in [-0.05, 0) is 43.5 Å². The van der Waals surface area contributed by atoms with Gasteiger partial charge in [0.05, 0.1) is 5.69 Å². The predicted molar refractivity (Wildman–Crippen MR) is 114 cm³/mol. The van der Waals surface area contributed by atoms with E-state index in [0.29, 0.717) is 17.7 Å². The van der Waals surface area contributed by atoms with E-state index in [9.17, 15) is 19.8 Å². The lowest BCUT2D eigenvalue weighted by molar-refractivity contribution is 0.0691. The number of aromatic hydroxyl groups is 1. The number of H-pyrrole nitrogens is 1. The minimum absolute atomic E-state index is 0. The Hall–Kier alpha value is -2.77. The van der Waals surface area contributed by atoms with E-state index in [1.54, 1.807) is 0 Å². The molecule has 154 valence electrons. The molecule has 7 nitrogen and oxygen atoms in total. The monoisotopic (exact) mass is 417 g/mol. The van der Waals surface area contributed by atoms with Gasteiger partial charge in [-0.25, -0.2) is 4.79 Å². The molecule has 0 atom stereocenters. The molecule has 2 heterocycles. The fourth-order valence-corrected chi connectivity index (χ4v) is 4.19. The number of hydrogen-bond donors (Lipinski definition) is 4. The molecule has 0 unspecified atom stereocenters. The second-order valence-electron chi connectivity index (χ2n) is 7.19. The van der Waals surface area contributed by atoms with Crippen molar-refractivity contribution in [2.75, 3.05) is 6.54 Å². The van der Waals surface area contributed by atoms with Gasteiger partial charge in [0.25, 0.3) is 5.56 Å². The Labute approximate surface area is 173 Å². The van der Waals surface area contributed by atoms with Crippen LogP contribution in [0.3, 0.4) is 0 Å². The molecule has 0 spiro atoms. The number of carboxylic acids is 1. The maximum Gasteiger partial charge on any atom is 0.345 e. The molecule has 0 aliphatic heterocycles. The summed E-state index contributed by atoms with van der Waals surface area (Å²) in [6.45, 7) is 3.73. The molecular formula is C21H24ClN3O4. The topological polar surface area (TPSA) is 107 Å². The lowest BCUT2D eigenvalue weighted by Gasteiger charge is -2.13. The van der Waals surface area contributed by atoms with Gasteiger partial charge < -0.3 is 25.1 Å². The van der Waals surface area contributed by atoms with Crippen molar-refractivity contribution in [3.8, 4) is 17.0 Å². The van der Waals surface area contributed by atoms with Crippen molar-refractivity contribution in [1.29, 1.82) is 0 Å². The number of benzene rings is 1. The minimum atomic E-state index is -1.42. The Morgan fingerprint density at radius 2 is 2.00 bits per heavy atom. The summed E-state index contributed by atoms with van der Waals surface area (Å²) in [4.78, 5) is 26.4. The van der Waals surface area contributed by atoms with E-state index >= 15 is 0 Å². The van der Waals surface area contributed by atoms with Crippen LogP contribution >= 0.6 is 12.4 Å². The number of halogens is 1. The molecule has 0 saturated heterocycles. The number of fused-ring (bicyclic) bond motifs is 5. The SMILES string of the molecule is CCNCc1cc2c3c(ccc2n1C)-c1[nH]c(=O)c(C(=O)O)c(O)c1CCC3.Cl. The Morgan fingerprint density at radius 1 is 1.28 bits per heavy atom. The summed E-state index contributed by atoms with van der Waals surface area (Å²) in [5, 5.41) is 24.2. The first-order valence-electron chi connectivity index (χ1n) is 9.46. The fourth-order valence-electron chi connectivity index (χ4n) is 4.19. The molecule has 0 saturated carbocycles. The molecule has 29 heavy (non-hydrogen) atoms. The first kappa shape index (κ1) is 21.0. The van der Waals surface area contributed by atoms with Gasteiger partial charge >= 0.3 is 5.97 Å². The molecule has 0 bridgehead atoms. The van der Waals surface area contributed by atoms with Crippen molar-refractivity contribution >= 4 is 29.3 Å². The first-order valence-corrected chi connectivity index (χ1v) is 9.46. The summed E-state index contributed by atoms with van der Waals surface area (Å²) in [7, 11) is 2.04. The van der Waals surface area contributed by atoms with Crippen LogP contribution in [0.25, 0.3) is 22.2 Å².